The van der Waals surface area contributed by atoms with Gasteiger partial charge in [-0.05, 0) is 12.5 Å². The highest BCUT2D eigenvalue weighted by atomic mass is 16.5. The van der Waals surface area contributed by atoms with Crippen LogP contribution in [0.2, 0.25) is 0 Å². The first-order valence-electron chi connectivity index (χ1n) is 2.45. The molecule has 7 heavy (non-hydrogen) atoms. The van der Waals surface area contributed by atoms with E-state index in [4.69, 9.17) is 10.5 Å². The third kappa shape index (κ3) is 1.20. The van der Waals surface area contributed by atoms with Crippen molar-refractivity contribution in [3.8, 4) is 0 Å². The molecule has 1 aliphatic heterocycles. The average Bonchev–Trinajstić information content (AvgIpc) is 1.69. The van der Waals surface area contributed by atoms with Crippen molar-refractivity contribution in [3.63, 3.8) is 0 Å². The van der Waals surface area contributed by atoms with Crippen molar-refractivity contribution in [2.75, 3.05) is 0 Å². The molecule has 1 atom stereocenters. The maximum absolute atomic E-state index is 5.36. The molecule has 1 heterocycles. The summed E-state index contributed by atoms with van der Waals surface area (Å²) in [5, 5.41) is 0. The zero-order chi connectivity index (χ0) is 5.11. The predicted molar refractivity (Wildman–Crippen MR) is 27.4 cm³/mol. The molecule has 0 radical (unpaired) electrons. The minimum absolute atomic E-state index is 0.0509. The molecule has 40 valence electrons. The van der Waals surface area contributed by atoms with E-state index in [-0.39, 0.29) is 6.23 Å². The Bertz CT molecular complexity index is 80.1. The number of rotatable bonds is 0. The van der Waals surface area contributed by atoms with Crippen LogP contribution in [0, 0.1) is 0 Å². The lowest BCUT2D eigenvalue weighted by Gasteiger charge is -2.12. The van der Waals surface area contributed by atoms with E-state index in [0.29, 0.717) is 0 Å². The number of hydrogen-bond donors (Lipinski definition) is 1. The van der Waals surface area contributed by atoms with Gasteiger partial charge in [0, 0.05) is 6.42 Å². The summed E-state index contributed by atoms with van der Waals surface area (Å²) in [6.07, 6.45) is 5.60. The second-order valence-electron chi connectivity index (χ2n) is 1.62. The van der Waals surface area contributed by atoms with Crippen molar-refractivity contribution in [1.29, 1.82) is 0 Å². The standard InChI is InChI=1S/C5H9NO/c6-5-3-1-2-4-7-5/h2,4-5H,1,3,6H2. The summed E-state index contributed by atoms with van der Waals surface area (Å²) in [7, 11) is 0. The van der Waals surface area contributed by atoms with Crippen LogP contribution < -0.4 is 5.73 Å². The number of allylic oxidation sites excluding steroid dienone is 1. The monoisotopic (exact) mass is 99.1 g/mol. The molecule has 0 aromatic rings. The lowest BCUT2D eigenvalue weighted by atomic mass is 10.2. The molecule has 2 heteroatoms. The molecule has 0 bridgehead atoms. The van der Waals surface area contributed by atoms with Crippen LogP contribution in [-0.2, 0) is 4.74 Å². The Morgan fingerprint density at radius 2 is 2.57 bits per heavy atom. The van der Waals surface area contributed by atoms with Crippen LogP contribution in [0.25, 0.3) is 0 Å². The van der Waals surface area contributed by atoms with E-state index in [1.54, 1.807) is 6.26 Å². The fourth-order valence-electron chi connectivity index (χ4n) is 0.553. The first kappa shape index (κ1) is 4.65. The van der Waals surface area contributed by atoms with Crippen molar-refractivity contribution in [3.05, 3.63) is 12.3 Å². The Labute approximate surface area is 43.0 Å². The summed E-state index contributed by atoms with van der Waals surface area (Å²) in [6.45, 7) is 0. The number of hydrogen-bond acceptors (Lipinski definition) is 2. The Balaban J connectivity index is 2.32. The quantitative estimate of drug-likeness (QED) is 0.482. The zero-order valence-electron chi connectivity index (χ0n) is 4.13. The summed E-state index contributed by atoms with van der Waals surface area (Å²) in [4.78, 5) is 0. The highest BCUT2D eigenvalue weighted by molar-refractivity contribution is 4.79. The van der Waals surface area contributed by atoms with Gasteiger partial charge < -0.3 is 4.74 Å². The van der Waals surface area contributed by atoms with Crippen LogP contribution in [0.5, 0.6) is 0 Å². The van der Waals surface area contributed by atoms with Gasteiger partial charge in [0.15, 0.2) is 0 Å². The molecule has 1 unspecified atom stereocenters. The average molecular weight is 99.1 g/mol. The summed E-state index contributed by atoms with van der Waals surface area (Å²) >= 11 is 0. The van der Waals surface area contributed by atoms with Gasteiger partial charge >= 0.3 is 0 Å². The normalized spacial score (nSPS) is 29.6. The van der Waals surface area contributed by atoms with Crippen LogP contribution in [0.3, 0.4) is 0 Å². The molecule has 0 amide bonds. The molecule has 0 fully saturated rings. The third-order valence-electron chi connectivity index (χ3n) is 0.967. The first-order valence-corrected chi connectivity index (χ1v) is 2.45. The van der Waals surface area contributed by atoms with Gasteiger partial charge in [0.1, 0.15) is 6.23 Å². The highest BCUT2D eigenvalue weighted by Gasteiger charge is 2.01. The molecule has 0 saturated carbocycles. The Morgan fingerprint density at radius 3 is 2.86 bits per heavy atom. The topological polar surface area (TPSA) is 35.2 Å². The van der Waals surface area contributed by atoms with Gasteiger partial charge in [-0.15, -0.1) is 0 Å². The largest absolute Gasteiger partial charge is 0.484 e. The molecule has 0 spiro atoms. The number of nitrogens with two attached hydrogens (primary N) is 1. The summed E-state index contributed by atoms with van der Waals surface area (Å²) in [6, 6.07) is 0. The van der Waals surface area contributed by atoms with Crippen molar-refractivity contribution < 1.29 is 4.74 Å². The van der Waals surface area contributed by atoms with E-state index in [9.17, 15) is 0 Å². The third-order valence-corrected chi connectivity index (χ3v) is 0.967. The second-order valence-corrected chi connectivity index (χ2v) is 1.62. The van der Waals surface area contributed by atoms with Crippen molar-refractivity contribution >= 4 is 0 Å². The minimum Gasteiger partial charge on any atom is -0.484 e. The van der Waals surface area contributed by atoms with E-state index < -0.39 is 0 Å². The molecule has 0 aromatic carbocycles. The van der Waals surface area contributed by atoms with Crippen LogP contribution in [0.15, 0.2) is 12.3 Å². The Morgan fingerprint density at radius 1 is 1.71 bits per heavy atom. The van der Waals surface area contributed by atoms with Crippen molar-refractivity contribution in [2.24, 2.45) is 5.73 Å². The van der Waals surface area contributed by atoms with Gasteiger partial charge in [0.05, 0.1) is 6.26 Å². The van der Waals surface area contributed by atoms with E-state index in [1.165, 1.54) is 0 Å². The van der Waals surface area contributed by atoms with Gasteiger partial charge in [0.2, 0.25) is 0 Å². The van der Waals surface area contributed by atoms with Gasteiger partial charge in [-0.25, -0.2) is 0 Å². The lowest BCUT2D eigenvalue weighted by molar-refractivity contribution is 0.130. The first-order chi connectivity index (χ1) is 3.39. The summed E-state index contributed by atoms with van der Waals surface area (Å²) in [5.41, 5.74) is 5.36. The SMILES string of the molecule is NC1CCC=CO1. The Hall–Kier alpha value is -0.500. The summed E-state index contributed by atoms with van der Waals surface area (Å²) in [5.74, 6) is 0. The fourth-order valence-corrected chi connectivity index (χ4v) is 0.553. The van der Waals surface area contributed by atoms with Crippen molar-refractivity contribution in [2.45, 2.75) is 19.1 Å². The number of ether oxygens (including phenoxy) is 1. The summed E-state index contributed by atoms with van der Waals surface area (Å²) < 4.78 is 4.88. The maximum Gasteiger partial charge on any atom is 0.147 e. The zero-order valence-corrected chi connectivity index (χ0v) is 4.13. The van der Waals surface area contributed by atoms with Crippen molar-refractivity contribution in [1.82, 2.24) is 0 Å². The van der Waals surface area contributed by atoms with E-state index in [1.807, 2.05) is 6.08 Å². The van der Waals surface area contributed by atoms with E-state index in [2.05, 4.69) is 0 Å². The molecule has 2 nitrogen and oxygen atoms in total. The fraction of sp³-hybridized carbons (Fsp3) is 0.600. The predicted octanol–water partition coefficient (Wildman–Crippen LogP) is 0.595. The molecule has 1 aliphatic rings. The molecule has 2 N–H and O–H groups in total. The van der Waals surface area contributed by atoms with Crippen LogP contribution >= 0.6 is 0 Å². The van der Waals surface area contributed by atoms with Gasteiger partial charge in [-0.1, -0.05) is 0 Å². The van der Waals surface area contributed by atoms with Crippen LogP contribution in [-0.4, -0.2) is 6.23 Å². The lowest BCUT2D eigenvalue weighted by Crippen LogP contribution is -2.22. The molecule has 0 saturated heterocycles. The highest BCUT2D eigenvalue weighted by Crippen LogP contribution is 2.03. The molecular formula is C5H9NO. The van der Waals surface area contributed by atoms with E-state index >= 15 is 0 Å². The second kappa shape index (κ2) is 1.98. The van der Waals surface area contributed by atoms with Gasteiger partial charge in [-0.3, -0.25) is 5.73 Å². The molecule has 0 aliphatic carbocycles. The van der Waals surface area contributed by atoms with Gasteiger partial charge in [-0.2, -0.15) is 0 Å². The Kier molecular flexibility index (Phi) is 1.32. The maximum atomic E-state index is 5.36. The molecule has 0 aromatic heterocycles. The van der Waals surface area contributed by atoms with Crippen LogP contribution in [0.1, 0.15) is 12.8 Å². The minimum atomic E-state index is -0.0509. The van der Waals surface area contributed by atoms with Crippen LogP contribution in [0.4, 0.5) is 0 Å². The van der Waals surface area contributed by atoms with Gasteiger partial charge in [0.25, 0.3) is 0 Å². The smallest absolute Gasteiger partial charge is 0.147 e. The molecular weight excluding hydrogens is 90.1 g/mol. The molecule has 1 rings (SSSR count). The van der Waals surface area contributed by atoms with E-state index in [0.717, 1.165) is 12.8 Å².